The summed E-state index contributed by atoms with van der Waals surface area (Å²) in [5, 5.41) is 6.25. The van der Waals surface area contributed by atoms with Crippen molar-refractivity contribution in [3.63, 3.8) is 0 Å². The van der Waals surface area contributed by atoms with Gasteiger partial charge in [-0.1, -0.05) is 17.7 Å². The van der Waals surface area contributed by atoms with E-state index in [1.807, 2.05) is 14.1 Å². The third kappa shape index (κ3) is 6.21. The minimum Gasteiger partial charge on any atom is -0.352 e. The molecule has 2 amide bonds. The minimum atomic E-state index is -0.274. The van der Waals surface area contributed by atoms with Gasteiger partial charge in [0.15, 0.2) is 0 Å². The number of nitrogens with zero attached hydrogens (tertiary/aromatic N) is 1. The summed E-state index contributed by atoms with van der Waals surface area (Å²) in [4.78, 5) is 26.6. The fraction of sp³-hybridized carbons (Fsp3) is 0.263. The number of amides is 2. The summed E-state index contributed by atoms with van der Waals surface area (Å²) in [5.41, 5.74) is 1.54. The Kier molecular flexibility index (Phi) is 6.98. The number of carbonyl (C=O) groups is 2. The van der Waals surface area contributed by atoms with Crippen LogP contribution in [0, 0.1) is 0 Å². The molecule has 0 saturated heterocycles. The van der Waals surface area contributed by atoms with E-state index in [1.54, 1.807) is 48.5 Å². The van der Waals surface area contributed by atoms with Crippen molar-refractivity contribution in [1.29, 1.82) is 0 Å². The predicted molar refractivity (Wildman–Crippen MR) is 101 cm³/mol. The molecule has 25 heavy (non-hydrogen) atoms. The highest BCUT2D eigenvalue weighted by Gasteiger charge is 2.10. The Morgan fingerprint density at radius 1 is 1.00 bits per heavy atom. The van der Waals surface area contributed by atoms with Crippen LogP contribution < -0.4 is 10.6 Å². The van der Waals surface area contributed by atoms with Gasteiger partial charge in [0, 0.05) is 28.4 Å². The molecule has 2 N–H and O–H groups in total. The molecule has 0 fully saturated rings. The molecule has 0 aliphatic rings. The van der Waals surface area contributed by atoms with Crippen LogP contribution in [-0.4, -0.2) is 43.9 Å². The van der Waals surface area contributed by atoms with E-state index in [2.05, 4.69) is 15.5 Å². The summed E-state index contributed by atoms with van der Waals surface area (Å²) in [6, 6.07) is 13.5. The Hall–Kier alpha value is -2.37. The molecule has 2 aromatic rings. The van der Waals surface area contributed by atoms with Gasteiger partial charge in [-0.3, -0.25) is 9.59 Å². The Bertz CT molecular complexity index is 730. The van der Waals surface area contributed by atoms with E-state index in [-0.39, 0.29) is 11.8 Å². The van der Waals surface area contributed by atoms with Crippen molar-refractivity contribution in [2.75, 3.05) is 32.5 Å². The first kappa shape index (κ1) is 19.0. The van der Waals surface area contributed by atoms with Crippen LogP contribution in [0.15, 0.2) is 48.5 Å². The maximum atomic E-state index is 12.3. The molecule has 0 aliphatic carbocycles. The van der Waals surface area contributed by atoms with Crippen LogP contribution in [0.25, 0.3) is 0 Å². The Morgan fingerprint density at radius 2 is 1.64 bits per heavy atom. The summed E-state index contributed by atoms with van der Waals surface area (Å²) >= 11 is 5.83. The van der Waals surface area contributed by atoms with Crippen molar-refractivity contribution < 1.29 is 9.59 Å². The summed E-state index contributed by atoms with van der Waals surface area (Å²) in [6.07, 6.45) is 0.871. The molecule has 0 unspecified atom stereocenters. The zero-order valence-electron chi connectivity index (χ0n) is 14.4. The van der Waals surface area contributed by atoms with Gasteiger partial charge in [-0.15, -0.1) is 0 Å². The first-order valence-electron chi connectivity index (χ1n) is 8.05. The molecule has 0 saturated carbocycles. The van der Waals surface area contributed by atoms with Crippen LogP contribution in [0.5, 0.6) is 0 Å². The molecule has 2 aromatic carbocycles. The monoisotopic (exact) mass is 359 g/mol. The molecule has 132 valence electrons. The van der Waals surface area contributed by atoms with Gasteiger partial charge >= 0.3 is 0 Å². The molecule has 0 radical (unpaired) electrons. The number of nitrogens with one attached hydrogen (secondary N) is 2. The van der Waals surface area contributed by atoms with Crippen LogP contribution in [0.3, 0.4) is 0 Å². The van der Waals surface area contributed by atoms with Crippen LogP contribution in [0.2, 0.25) is 5.02 Å². The second kappa shape index (κ2) is 9.20. The lowest BCUT2D eigenvalue weighted by atomic mass is 10.1. The zero-order chi connectivity index (χ0) is 18.2. The maximum Gasteiger partial charge on any atom is 0.255 e. The third-order valence-electron chi connectivity index (χ3n) is 3.56. The van der Waals surface area contributed by atoms with Gasteiger partial charge in [-0.05, 0) is 69.5 Å². The van der Waals surface area contributed by atoms with E-state index in [0.29, 0.717) is 28.4 Å². The van der Waals surface area contributed by atoms with Crippen LogP contribution in [0.1, 0.15) is 27.1 Å². The number of benzene rings is 2. The Morgan fingerprint density at radius 3 is 2.28 bits per heavy atom. The highest BCUT2D eigenvalue weighted by molar-refractivity contribution is 6.30. The van der Waals surface area contributed by atoms with Gasteiger partial charge in [0.1, 0.15) is 0 Å². The zero-order valence-corrected chi connectivity index (χ0v) is 15.1. The van der Waals surface area contributed by atoms with Crippen LogP contribution in [0.4, 0.5) is 5.69 Å². The van der Waals surface area contributed by atoms with Gasteiger partial charge in [-0.25, -0.2) is 0 Å². The lowest BCUT2D eigenvalue weighted by Gasteiger charge is -2.10. The van der Waals surface area contributed by atoms with E-state index in [9.17, 15) is 9.59 Å². The summed E-state index contributed by atoms with van der Waals surface area (Å²) in [5.74, 6) is -0.454. The molecule has 0 atom stereocenters. The number of carbonyl (C=O) groups excluding carboxylic acids is 2. The average Bonchev–Trinajstić information content (AvgIpc) is 2.60. The van der Waals surface area contributed by atoms with Crippen molar-refractivity contribution in [2.24, 2.45) is 0 Å². The lowest BCUT2D eigenvalue weighted by molar-refractivity contribution is 0.0952. The van der Waals surface area contributed by atoms with Crippen molar-refractivity contribution >= 4 is 29.1 Å². The molecule has 0 spiro atoms. The number of rotatable bonds is 7. The second-order valence-corrected chi connectivity index (χ2v) is 6.39. The first-order valence-corrected chi connectivity index (χ1v) is 8.43. The number of anilines is 1. The van der Waals surface area contributed by atoms with Crippen molar-refractivity contribution in [1.82, 2.24) is 10.2 Å². The van der Waals surface area contributed by atoms with Crippen molar-refractivity contribution in [3.8, 4) is 0 Å². The SMILES string of the molecule is CN(C)CCCNC(=O)c1cccc(C(=O)Nc2ccc(Cl)cc2)c1. The molecular formula is C19H22ClN3O2. The third-order valence-corrected chi connectivity index (χ3v) is 3.81. The fourth-order valence-electron chi connectivity index (χ4n) is 2.24. The molecule has 5 nitrogen and oxygen atoms in total. The number of hydrogen-bond acceptors (Lipinski definition) is 3. The van der Waals surface area contributed by atoms with E-state index in [0.717, 1.165) is 13.0 Å². The van der Waals surface area contributed by atoms with Gasteiger partial charge in [0.2, 0.25) is 0 Å². The van der Waals surface area contributed by atoms with Gasteiger partial charge in [0.25, 0.3) is 11.8 Å². The van der Waals surface area contributed by atoms with E-state index >= 15 is 0 Å². The summed E-state index contributed by atoms with van der Waals surface area (Å²) in [7, 11) is 3.98. The number of halogens is 1. The smallest absolute Gasteiger partial charge is 0.255 e. The minimum absolute atomic E-state index is 0.181. The average molecular weight is 360 g/mol. The molecule has 6 heteroatoms. The second-order valence-electron chi connectivity index (χ2n) is 5.95. The van der Waals surface area contributed by atoms with Gasteiger partial charge in [-0.2, -0.15) is 0 Å². The molecule has 0 bridgehead atoms. The fourth-order valence-corrected chi connectivity index (χ4v) is 2.36. The summed E-state index contributed by atoms with van der Waals surface area (Å²) in [6.45, 7) is 1.50. The molecule has 0 heterocycles. The normalized spacial score (nSPS) is 10.6. The van der Waals surface area contributed by atoms with E-state index in [1.165, 1.54) is 0 Å². The van der Waals surface area contributed by atoms with Crippen molar-refractivity contribution in [3.05, 3.63) is 64.7 Å². The lowest BCUT2D eigenvalue weighted by Crippen LogP contribution is -2.27. The standard InChI is InChI=1S/C19H22ClN3O2/c1-23(2)12-4-11-21-18(24)14-5-3-6-15(13-14)19(25)22-17-9-7-16(20)8-10-17/h3,5-10,13H,4,11-12H2,1-2H3,(H,21,24)(H,22,25). The molecule has 0 aromatic heterocycles. The molecular weight excluding hydrogens is 338 g/mol. The highest BCUT2D eigenvalue weighted by atomic mass is 35.5. The van der Waals surface area contributed by atoms with Gasteiger partial charge < -0.3 is 15.5 Å². The first-order chi connectivity index (χ1) is 12.0. The summed E-state index contributed by atoms with van der Waals surface area (Å²) < 4.78 is 0. The Labute approximate surface area is 153 Å². The van der Waals surface area contributed by atoms with E-state index in [4.69, 9.17) is 11.6 Å². The van der Waals surface area contributed by atoms with Crippen molar-refractivity contribution in [2.45, 2.75) is 6.42 Å². The Balaban J connectivity index is 1.96. The van der Waals surface area contributed by atoms with E-state index < -0.39 is 0 Å². The highest BCUT2D eigenvalue weighted by Crippen LogP contribution is 2.15. The molecule has 0 aliphatic heterocycles. The topological polar surface area (TPSA) is 61.4 Å². The van der Waals surface area contributed by atoms with Crippen LogP contribution in [-0.2, 0) is 0 Å². The molecule has 2 rings (SSSR count). The largest absolute Gasteiger partial charge is 0.352 e. The van der Waals surface area contributed by atoms with Gasteiger partial charge in [0.05, 0.1) is 0 Å². The maximum absolute atomic E-state index is 12.3. The predicted octanol–water partition coefficient (Wildman–Crippen LogP) is 3.27. The quantitative estimate of drug-likeness (QED) is 0.746. The van der Waals surface area contributed by atoms with Crippen LogP contribution >= 0.6 is 11.6 Å². The number of hydrogen-bond donors (Lipinski definition) is 2.